The van der Waals surface area contributed by atoms with Gasteiger partial charge >= 0.3 is 0 Å². The van der Waals surface area contributed by atoms with Gasteiger partial charge in [-0.15, -0.1) is 0 Å². The minimum atomic E-state index is 0.167. The molecule has 0 amide bonds. The molecule has 0 spiro atoms. The number of hydrogen-bond donors (Lipinski definition) is 0. The van der Waals surface area contributed by atoms with Crippen molar-refractivity contribution in [1.29, 1.82) is 0 Å². The van der Waals surface area contributed by atoms with E-state index in [0.717, 1.165) is 12.5 Å². The quantitative estimate of drug-likeness (QED) is 0.701. The number of ether oxygens (including phenoxy) is 1. The fourth-order valence-electron chi connectivity index (χ4n) is 0.402. The van der Waals surface area contributed by atoms with E-state index in [0.29, 0.717) is 0 Å². The van der Waals surface area contributed by atoms with Gasteiger partial charge in [0.25, 0.3) is 0 Å². The van der Waals surface area contributed by atoms with Crippen molar-refractivity contribution in [2.24, 2.45) is 5.92 Å². The summed E-state index contributed by atoms with van der Waals surface area (Å²) in [5, 5.41) is 0. The first-order chi connectivity index (χ1) is 6.45. The summed E-state index contributed by atoms with van der Waals surface area (Å²) in [6.45, 7) is 12.6. The van der Waals surface area contributed by atoms with Crippen LogP contribution in [0, 0.1) is 5.92 Å². The molecule has 0 aromatic rings. The van der Waals surface area contributed by atoms with Crippen molar-refractivity contribution >= 4 is 5.78 Å². The number of carbonyl (C=O) groups is 1. The highest BCUT2D eigenvalue weighted by molar-refractivity contribution is 5.72. The standard InChI is InChI=1S/C6H14O.C3H6O.C3H8/c1-4-6(2)5-7-3;1-3(2)4;1-3-2/h6H,4-5H2,1-3H3;1-2H3;3H2,1-2H3. The minimum absolute atomic E-state index is 0.167. The van der Waals surface area contributed by atoms with Crippen LogP contribution in [-0.2, 0) is 9.53 Å². The molecule has 2 nitrogen and oxygen atoms in total. The summed E-state index contributed by atoms with van der Waals surface area (Å²) < 4.78 is 4.89. The Bertz CT molecular complexity index is 96.5. The maximum atomic E-state index is 9.44. The number of ketones is 1. The van der Waals surface area contributed by atoms with Crippen LogP contribution in [0.5, 0.6) is 0 Å². The zero-order chi connectivity index (χ0) is 12.0. The van der Waals surface area contributed by atoms with Crippen molar-refractivity contribution in [3.63, 3.8) is 0 Å². The summed E-state index contributed by atoms with van der Waals surface area (Å²) in [5.41, 5.74) is 0. The molecule has 0 aliphatic heterocycles. The molecule has 0 saturated heterocycles. The van der Waals surface area contributed by atoms with Crippen molar-refractivity contribution < 1.29 is 9.53 Å². The summed E-state index contributed by atoms with van der Waals surface area (Å²) in [7, 11) is 1.74. The Balaban J connectivity index is -0.000000147. The van der Waals surface area contributed by atoms with Gasteiger partial charge in [-0.25, -0.2) is 0 Å². The number of methoxy groups -OCH3 is 1. The van der Waals surface area contributed by atoms with E-state index in [1.165, 1.54) is 26.7 Å². The SMILES string of the molecule is CC(C)=O.CCC.CCC(C)COC. The van der Waals surface area contributed by atoms with Gasteiger partial charge in [0.2, 0.25) is 0 Å². The van der Waals surface area contributed by atoms with Gasteiger partial charge in [-0.2, -0.15) is 0 Å². The molecule has 0 aliphatic rings. The lowest BCUT2D eigenvalue weighted by molar-refractivity contribution is -0.114. The second kappa shape index (κ2) is 18.4. The van der Waals surface area contributed by atoms with Crippen LogP contribution in [0.3, 0.4) is 0 Å². The molecule has 1 unspecified atom stereocenters. The third kappa shape index (κ3) is 61.3. The normalized spacial score (nSPS) is 10.2. The highest BCUT2D eigenvalue weighted by Crippen LogP contribution is 1.98. The Morgan fingerprint density at radius 2 is 1.50 bits per heavy atom. The minimum Gasteiger partial charge on any atom is -0.384 e. The summed E-state index contributed by atoms with van der Waals surface area (Å²) in [6.07, 6.45) is 2.47. The largest absolute Gasteiger partial charge is 0.384 e. The first kappa shape index (κ1) is 19.2. The van der Waals surface area contributed by atoms with Crippen LogP contribution in [0.25, 0.3) is 0 Å². The zero-order valence-electron chi connectivity index (χ0n) is 11.0. The van der Waals surface area contributed by atoms with E-state index in [1.54, 1.807) is 7.11 Å². The molecule has 0 rings (SSSR count). The Labute approximate surface area is 90.0 Å². The van der Waals surface area contributed by atoms with Gasteiger partial charge in [0.05, 0.1) is 0 Å². The van der Waals surface area contributed by atoms with E-state index in [2.05, 4.69) is 27.7 Å². The molecule has 2 heteroatoms. The zero-order valence-corrected chi connectivity index (χ0v) is 11.0. The van der Waals surface area contributed by atoms with Gasteiger partial charge in [0.1, 0.15) is 5.78 Å². The van der Waals surface area contributed by atoms with E-state index >= 15 is 0 Å². The smallest absolute Gasteiger partial charge is 0.126 e. The first-order valence-electron chi connectivity index (χ1n) is 5.42. The van der Waals surface area contributed by atoms with Crippen LogP contribution < -0.4 is 0 Å². The second-order valence-corrected chi connectivity index (χ2v) is 3.58. The molecule has 0 saturated carbocycles. The summed E-state index contributed by atoms with van der Waals surface area (Å²) in [4.78, 5) is 9.44. The predicted molar refractivity (Wildman–Crippen MR) is 63.7 cm³/mol. The molecule has 1 atom stereocenters. The van der Waals surface area contributed by atoms with E-state index < -0.39 is 0 Å². The lowest BCUT2D eigenvalue weighted by atomic mass is 10.1. The summed E-state index contributed by atoms with van der Waals surface area (Å²) in [5.74, 6) is 0.894. The highest BCUT2D eigenvalue weighted by atomic mass is 16.5. The average Bonchev–Trinajstić information content (AvgIpc) is 2.05. The molecule has 0 heterocycles. The van der Waals surface area contributed by atoms with Crippen molar-refractivity contribution in [2.45, 2.75) is 54.4 Å². The maximum Gasteiger partial charge on any atom is 0.126 e. The van der Waals surface area contributed by atoms with Crippen LogP contribution in [-0.4, -0.2) is 19.5 Å². The monoisotopic (exact) mass is 204 g/mol. The van der Waals surface area contributed by atoms with Crippen LogP contribution in [0.2, 0.25) is 0 Å². The van der Waals surface area contributed by atoms with Crippen LogP contribution in [0.4, 0.5) is 0 Å². The van der Waals surface area contributed by atoms with Crippen molar-refractivity contribution in [2.75, 3.05) is 13.7 Å². The van der Waals surface area contributed by atoms with Gasteiger partial charge in [-0.05, 0) is 19.8 Å². The van der Waals surface area contributed by atoms with Gasteiger partial charge in [-0.1, -0.05) is 40.5 Å². The van der Waals surface area contributed by atoms with Gasteiger partial charge in [0, 0.05) is 13.7 Å². The Morgan fingerprint density at radius 1 is 1.21 bits per heavy atom. The maximum absolute atomic E-state index is 9.44. The lowest BCUT2D eigenvalue weighted by Crippen LogP contribution is -2.00. The molecule has 14 heavy (non-hydrogen) atoms. The summed E-state index contributed by atoms with van der Waals surface area (Å²) >= 11 is 0. The Morgan fingerprint density at radius 3 is 1.57 bits per heavy atom. The van der Waals surface area contributed by atoms with E-state index in [1.807, 2.05) is 0 Å². The van der Waals surface area contributed by atoms with E-state index in [4.69, 9.17) is 4.74 Å². The van der Waals surface area contributed by atoms with Gasteiger partial charge < -0.3 is 9.53 Å². The van der Waals surface area contributed by atoms with Gasteiger partial charge in [0.15, 0.2) is 0 Å². The molecule has 88 valence electrons. The number of hydrogen-bond acceptors (Lipinski definition) is 2. The van der Waals surface area contributed by atoms with Crippen molar-refractivity contribution in [1.82, 2.24) is 0 Å². The van der Waals surface area contributed by atoms with Crippen LogP contribution in [0.15, 0.2) is 0 Å². The third-order valence-corrected chi connectivity index (χ3v) is 1.15. The van der Waals surface area contributed by atoms with Crippen LogP contribution >= 0.6 is 0 Å². The first-order valence-corrected chi connectivity index (χ1v) is 5.42. The molecular weight excluding hydrogens is 176 g/mol. The predicted octanol–water partition coefficient (Wildman–Crippen LogP) is 3.69. The number of carbonyl (C=O) groups excluding carboxylic acids is 1. The summed E-state index contributed by atoms with van der Waals surface area (Å²) in [6, 6.07) is 0. The van der Waals surface area contributed by atoms with Crippen LogP contribution in [0.1, 0.15) is 54.4 Å². The second-order valence-electron chi connectivity index (χ2n) is 3.58. The molecule has 0 N–H and O–H groups in total. The molecule has 0 bridgehead atoms. The van der Waals surface area contributed by atoms with E-state index in [9.17, 15) is 4.79 Å². The molecule has 0 radical (unpaired) electrons. The van der Waals surface area contributed by atoms with E-state index in [-0.39, 0.29) is 5.78 Å². The average molecular weight is 204 g/mol. The fourth-order valence-corrected chi connectivity index (χ4v) is 0.402. The number of Topliss-reactive ketones (excluding diaryl/α,β-unsaturated/α-hetero) is 1. The fraction of sp³-hybridized carbons (Fsp3) is 0.917. The topological polar surface area (TPSA) is 26.3 Å². The van der Waals surface area contributed by atoms with Gasteiger partial charge in [-0.3, -0.25) is 0 Å². The molecular formula is C12H28O2. The third-order valence-electron chi connectivity index (χ3n) is 1.15. The van der Waals surface area contributed by atoms with Crippen molar-refractivity contribution in [3.05, 3.63) is 0 Å². The lowest BCUT2D eigenvalue weighted by Gasteiger charge is -2.03. The molecule has 0 aromatic heterocycles. The highest BCUT2D eigenvalue weighted by Gasteiger charge is 1.93. The molecule has 0 aromatic carbocycles. The molecule has 0 fully saturated rings. The Kier molecular flexibility index (Phi) is 25.3. The van der Waals surface area contributed by atoms with Crippen molar-refractivity contribution in [3.8, 4) is 0 Å². The number of rotatable bonds is 3. The Hall–Kier alpha value is -0.370. The molecule has 0 aliphatic carbocycles.